The summed E-state index contributed by atoms with van der Waals surface area (Å²) in [6, 6.07) is 8.91. The minimum atomic E-state index is -0.635. The highest BCUT2D eigenvalue weighted by Crippen LogP contribution is 2.15. The predicted octanol–water partition coefficient (Wildman–Crippen LogP) is 2.18. The summed E-state index contributed by atoms with van der Waals surface area (Å²) >= 11 is 0. The quantitative estimate of drug-likeness (QED) is 0.734. The van der Waals surface area contributed by atoms with Crippen LogP contribution in [0.25, 0.3) is 0 Å². The van der Waals surface area contributed by atoms with Gasteiger partial charge in [0.15, 0.2) is 0 Å². The van der Waals surface area contributed by atoms with Crippen molar-refractivity contribution in [2.45, 2.75) is 45.2 Å². The molecule has 0 aromatic heterocycles. The molecule has 2 amide bonds. The topological polar surface area (TPSA) is 70.2 Å². The second-order valence-electron chi connectivity index (χ2n) is 6.56. The van der Waals surface area contributed by atoms with Gasteiger partial charge in [-0.05, 0) is 30.9 Å². The zero-order chi connectivity index (χ0) is 16.7. The fourth-order valence-electron chi connectivity index (χ4n) is 2.80. The van der Waals surface area contributed by atoms with Gasteiger partial charge in [-0.3, -0.25) is 9.59 Å². The van der Waals surface area contributed by atoms with Gasteiger partial charge in [0.1, 0.15) is 6.04 Å². The highest BCUT2D eigenvalue weighted by molar-refractivity contribution is 5.88. The number of rotatable bonds is 6. The van der Waals surface area contributed by atoms with Crippen LogP contribution in [-0.2, 0) is 9.59 Å². The minimum Gasteiger partial charge on any atom is -0.350 e. The first-order chi connectivity index (χ1) is 11.1. The number of amides is 2. The van der Waals surface area contributed by atoms with E-state index in [4.69, 9.17) is 0 Å². The molecule has 0 spiro atoms. The zero-order valence-electron chi connectivity index (χ0n) is 14.4. The molecular formula is C18H28ClN3O2. The van der Waals surface area contributed by atoms with Gasteiger partial charge in [-0.2, -0.15) is 0 Å². The Hall–Kier alpha value is -1.59. The standard InChI is InChI=1S/C18H27N3O2.ClH/c1-13(2)11-16(22)21-17(14-7-4-3-5-8-14)18(23)20-15-9-6-10-19-12-15;/h3-5,7-8,13,15,17,19H,6,9-12H2,1-2H3,(H,20,23)(H,21,22);1H/t15-,17?;/m0./s1. The Morgan fingerprint density at radius 3 is 2.54 bits per heavy atom. The number of carbonyl (C=O) groups is 2. The van der Waals surface area contributed by atoms with Crippen LogP contribution in [0.2, 0.25) is 0 Å². The van der Waals surface area contributed by atoms with E-state index in [0.29, 0.717) is 6.42 Å². The number of benzene rings is 1. The van der Waals surface area contributed by atoms with Crippen molar-refractivity contribution in [3.05, 3.63) is 35.9 Å². The van der Waals surface area contributed by atoms with Crippen LogP contribution in [0.15, 0.2) is 30.3 Å². The minimum absolute atomic E-state index is 0. The largest absolute Gasteiger partial charge is 0.350 e. The van der Waals surface area contributed by atoms with Crippen LogP contribution in [-0.4, -0.2) is 30.9 Å². The molecule has 1 aromatic rings. The summed E-state index contributed by atoms with van der Waals surface area (Å²) in [6.45, 7) is 5.77. The highest BCUT2D eigenvalue weighted by Gasteiger charge is 2.25. The Labute approximate surface area is 150 Å². The predicted molar refractivity (Wildman–Crippen MR) is 98.1 cm³/mol. The molecule has 3 N–H and O–H groups in total. The van der Waals surface area contributed by atoms with E-state index >= 15 is 0 Å². The smallest absolute Gasteiger partial charge is 0.247 e. The Balaban J connectivity index is 0.00000288. The molecule has 5 nitrogen and oxygen atoms in total. The number of nitrogens with one attached hydrogen (secondary N) is 3. The average Bonchev–Trinajstić information content (AvgIpc) is 2.53. The molecule has 1 aliphatic heterocycles. The van der Waals surface area contributed by atoms with Crippen molar-refractivity contribution < 1.29 is 9.59 Å². The number of halogens is 1. The first-order valence-corrected chi connectivity index (χ1v) is 8.41. The van der Waals surface area contributed by atoms with Crippen LogP contribution in [0.4, 0.5) is 0 Å². The van der Waals surface area contributed by atoms with Gasteiger partial charge in [-0.1, -0.05) is 44.2 Å². The lowest BCUT2D eigenvalue weighted by Crippen LogP contribution is -2.49. The third-order valence-corrected chi connectivity index (χ3v) is 3.94. The van der Waals surface area contributed by atoms with E-state index in [9.17, 15) is 9.59 Å². The zero-order valence-corrected chi connectivity index (χ0v) is 15.2. The molecule has 1 saturated heterocycles. The van der Waals surface area contributed by atoms with E-state index < -0.39 is 6.04 Å². The summed E-state index contributed by atoms with van der Waals surface area (Å²) in [7, 11) is 0. The van der Waals surface area contributed by atoms with Crippen molar-refractivity contribution in [3.8, 4) is 0 Å². The van der Waals surface area contributed by atoms with Crippen LogP contribution in [0, 0.1) is 5.92 Å². The van der Waals surface area contributed by atoms with Crippen LogP contribution >= 0.6 is 12.4 Å². The van der Waals surface area contributed by atoms with E-state index in [-0.39, 0.29) is 36.2 Å². The SMILES string of the molecule is CC(C)CC(=O)NC(C(=O)N[C@H]1CCCNC1)c1ccccc1.Cl. The molecule has 6 heteroatoms. The first-order valence-electron chi connectivity index (χ1n) is 8.41. The van der Waals surface area contributed by atoms with Crippen LogP contribution in [0.1, 0.15) is 44.7 Å². The number of piperidine rings is 1. The lowest BCUT2D eigenvalue weighted by Gasteiger charge is -2.27. The summed E-state index contributed by atoms with van der Waals surface area (Å²) in [5.74, 6) is 0.0322. The van der Waals surface area contributed by atoms with Crippen molar-refractivity contribution in [3.63, 3.8) is 0 Å². The maximum absolute atomic E-state index is 12.7. The Morgan fingerprint density at radius 1 is 1.25 bits per heavy atom. The lowest BCUT2D eigenvalue weighted by atomic mass is 10.0. The fourth-order valence-corrected chi connectivity index (χ4v) is 2.80. The van der Waals surface area contributed by atoms with Gasteiger partial charge in [-0.15, -0.1) is 12.4 Å². The molecule has 1 heterocycles. The van der Waals surface area contributed by atoms with Crippen molar-refractivity contribution in [2.24, 2.45) is 5.92 Å². The Bertz CT molecular complexity index is 516. The second-order valence-corrected chi connectivity index (χ2v) is 6.56. The maximum Gasteiger partial charge on any atom is 0.247 e. The third kappa shape index (κ3) is 6.49. The molecule has 134 valence electrons. The van der Waals surface area contributed by atoms with Gasteiger partial charge in [-0.25, -0.2) is 0 Å². The number of carbonyl (C=O) groups excluding carboxylic acids is 2. The maximum atomic E-state index is 12.7. The van der Waals surface area contributed by atoms with Crippen LogP contribution in [0.5, 0.6) is 0 Å². The molecule has 0 aliphatic carbocycles. The molecule has 24 heavy (non-hydrogen) atoms. The van der Waals surface area contributed by atoms with Crippen molar-refractivity contribution in [1.82, 2.24) is 16.0 Å². The molecule has 1 fully saturated rings. The molecule has 2 rings (SSSR count). The highest BCUT2D eigenvalue weighted by atomic mass is 35.5. The summed E-state index contributed by atoms with van der Waals surface area (Å²) in [6.07, 6.45) is 2.45. The van der Waals surface area contributed by atoms with E-state index in [2.05, 4.69) is 16.0 Å². The average molecular weight is 354 g/mol. The summed E-state index contributed by atoms with van der Waals surface area (Å²) in [5, 5.41) is 9.23. The normalized spacial score (nSPS) is 18.4. The Kier molecular flexibility index (Phi) is 8.79. The number of hydrogen-bond acceptors (Lipinski definition) is 3. The van der Waals surface area contributed by atoms with Crippen molar-refractivity contribution in [2.75, 3.05) is 13.1 Å². The van der Waals surface area contributed by atoms with Gasteiger partial charge in [0.25, 0.3) is 0 Å². The third-order valence-electron chi connectivity index (χ3n) is 3.94. The lowest BCUT2D eigenvalue weighted by molar-refractivity contribution is -0.130. The van der Waals surface area contributed by atoms with E-state index in [1.54, 1.807) is 0 Å². The van der Waals surface area contributed by atoms with Crippen LogP contribution < -0.4 is 16.0 Å². The summed E-state index contributed by atoms with van der Waals surface area (Å²) < 4.78 is 0. The van der Waals surface area contributed by atoms with E-state index in [1.807, 2.05) is 44.2 Å². The van der Waals surface area contributed by atoms with Gasteiger partial charge in [0.2, 0.25) is 11.8 Å². The molecule has 1 unspecified atom stereocenters. The van der Waals surface area contributed by atoms with Crippen LogP contribution in [0.3, 0.4) is 0 Å². The van der Waals surface area contributed by atoms with Crippen molar-refractivity contribution in [1.29, 1.82) is 0 Å². The Morgan fingerprint density at radius 2 is 1.96 bits per heavy atom. The fraction of sp³-hybridized carbons (Fsp3) is 0.556. The molecule has 1 aliphatic rings. The second kappa shape index (κ2) is 10.3. The molecular weight excluding hydrogens is 326 g/mol. The van der Waals surface area contributed by atoms with Gasteiger partial charge in [0, 0.05) is 19.0 Å². The van der Waals surface area contributed by atoms with E-state index in [1.165, 1.54) is 0 Å². The molecule has 1 aromatic carbocycles. The summed E-state index contributed by atoms with van der Waals surface area (Å²) in [5.41, 5.74) is 0.811. The molecule has 2 atom stereocenters. The number of hydrogen-bond donors (Lipinski definition) is 3. The van der Waals surface area contributed by atoms with Gasteiger partial charge in [0.05, 0.1) is 0 Å². The molecule has 0 saturated carbocycles. The molecule has 0 bridgehead atoms. The van der Waals surface area contributed by atoms with Gasteiger partial charge < -0.3 is 16.0 Å². The first kappa shape index (κ1) is 20.5. The monoisotopic (exact) mass is 353 g/mol. The van der Waals surface area contributed by atoms with Crippen molar-refractivity contribution >= 4 is 24.2 Å². The van der Waals surface area contributed by atoms with Gasteiger partial charge >= 0.3 is 0 Å². The van der Waals surface area contributed by atoms with E-state index in [0.717, 1.165) is 31.5 Å². The summed E-state index contributed by atoms with van der Waals surface area (Å²) in [4.78, 5) is 24.8. The molecule has 0 radical (unpaired) electrons.